The first-order valence-electron chi connectivity index (χ1n) is 2.38. The Morgan fingerprint density at radius 1 is 1.82 bits per heavy atom. The minimum absolute atomic E-state index is 0. The average molecular weight is 245 g/mol. The normalized spacial score (nSPS) is 7.36. The molecule has 1 aromatic heterocycles. The molecule has 0 spiro atoms. The summed E-state index contributed by atoms with van der Waals surface area (Å²) in [6.45, 7) is 1.45. The average Bonchev–Trinajstić information content (AvgIpc) is 2.15. The molecule has 0 atom stereocenters. The van der Waals surface area contributed by atoms with Gasteiger partial charge in [-0.2, -0.15) is 0 Å². The monoisotopic (exact) mass is 245 g/mol. The van der Waals surface area contributed by atoms with Crippen LogP contribution in [0.2, 0.25) is 0 Å². The van der Waals surface area contributed by atoms with Crippen LogP contribution in [-0.4, -0.2) is 10.9 Å². The number of thiazole rings is 1. The standard InChI is InChI=1S/C5H5N2OS.CH3.Y/c1-4(8)7-5-6-2-3-9-5;;/h3H,1H3,(H,6,7,8);1H3;/q2*-1;. The largest absolute Gasteiger partial charge is 0.428 e. The summed E-state index contributed by atoms with van der Waals surface area (Å²) < 4.78 is 0. The van der Waals surface area contributed by atoms with Crippen LogP contribution in [0.25, 0.3) is 0 Å². The molecule has 0 aliphatic rings. The summed E-state index contributed by atoms with van der Waals surface area (Å²) in [6.07, 6.45) is 2.59. The fourth-order valence-corrected chi connectivity index (χ4v) is 0.927. The second-order valence-corrected chi connectivity index (χ2v) is 2.32. The van der Waals surface area contributed by atoms with E-state index in [2.05, 4.69) is 16.5 Å². The van der Waals surface area contributed by atoms with Crippen molar-refractivity contribution < 1.29 is 37.5 Å². The quantitative estimate of drug-likeness (QED) is 0.759. The molecular formula is C6H8N2OSY-2. The van der Waals surface area contributed by atoms with Crippen molar-refractivity contribution in [3.8, 4) is 0 Å². The number of hydrogen-bond acceptors (Lipinski definition) is 3. The van der Waals surface area contributed by atoms with Crippen LogP contribution < -0.4 is 5.32 Å². The first-order chi connectivity index (χ1) is 4.29. The minimum atomic E-state index is -0.0987. The van der Waals surface area contributed by atoms with Gasteiger partial charge in [0.1, 0.15) is 0 Å². The van der Waals surface area contributed by atoms with Crippen molar-refractivity contribution in [3.05, 3.63) is 19.0 Å². The fraction of sp³-hybridized carbons (Fsp3) is 0.167. The Bertz CT molecular complexity index is 200. The molecule has 0 aliphatic heterocycles. The van der Waals surface area contributed by atoms with Crippen molar-refractivity contribution in [2.24, 2.45) is 0 Å². The third-order valence-corrected chi connectivity index (χ3v) is 1.31. The molecule has 0 fully saturated rings. The van der Waals surface area contributed by atoms with Gasteiger partial charge >= 0.3 is 0 Å². The van der Waals surface area contributed by atoms with E-state index in [1.54, 1.807) is 5.38 Å². The van der Waals surface area contributed by atoms with Gasteiger partial charge in [-0.1, -0.05) is 5.38 Å². The van der Waals surface area contributed by atoms with Gasteiger partial charge in [0.2, 0.25) is 5.91 Å². The molecule has 0 bridgehead atoms. The topological polar surface area (TPSA) is 42.0 Å². The van der Waals surface area contributed by atoms with Crippen molar-refractivity contribution in [1.29, 1.82) is 0 Å². The molecule has 59 valence electrons. The van der Waals surface area contributed by atoms with Crippen molar-refractivity contribution in [2.75, 3.05) is 5.32 Å². The minimum Gasteiger partial charge on any atom is -0.428 e. The molecule has 5 heteroatoms. The van der Waals surface area contributed by atoms with Crippen LogP contribution in [0, 0.1) is 13.6 Å². The first-order valence-corrected chi connectivity index (χ1v) is 3.26. The zero-order valence-electron chi connectivity index (χ0n) is 6.42. The van der Waals surface area contributed by atoms with Crippen LogP contribution in [0.4, 0.5) is 5.13 Å². The van der Waals surface area contributed by atoms with E-state index in [0.717, 1.165) is 0 Å². The Morgan fingerprint density at radius 3 is 2.82 bits per heavy atom. The third-order valence-electron chi connectivity index (χ3n) is 0.672. The number of hydrogen-bond donors (Lipinski definition) is 1. The molecule has 0 unspecified atom stereocenters. The van der Waals surface area contributed by atoms with E-state index < -0.39 is 0 Å². The van der Waals surface area contributed by atoms with Crippen LogP contribution >= 0.6 is 11.3 Å². The smallest absolute Gasteiger partial charge is 0.207 e. The summed E-state index contributed by atoms with van der Waals surface area (Å²) in [6, 6.07) is 0. The van der Waals surface area contributed by atoms with E-state index in [4.69, 9.17) is 0 Å². The van der Waals surface area contributed by atoms with Crippen molar-refractivity contribution in [1.82, 2.24) is 4.98 Å². The van der Waals surface area contributed by atoms with E-state index >= 15 is 0 Å². The summed E-state index contributed by atoms with van der Waals surface area (Å²) in [5, 5.41) is 4.81. The number of nitrogens with zero attached hydrogens (tertiary/aromatic N) is 1. The van der Waals surface area contributed by atoms with Crippen molar-refractivity contribution in [2.45, 2.75) is 6.92 Å². The Hall–Kier alpha value is 0.204. The Labute approximate surface area is 95.5 Å². The molecule has 0 saturated carbocycles. The zero-order chi connectivity index (χ0) is 6.69. The molecule has 1 heterocycles. The number of aromatic nitrogens is 1. The molecule has 1 radical (unpaired) electrons. The maximum atomic E-state index is 10.4. The number of carbonyl (C=O) groups is 1. The number of carbonyl (C=O) groups excluding carboxylic acids is 1. The second kappa shape index (κ2) is 6.89. The van der Waals surface area contributed by atoms with Crippen LogP contribution in [0.1, 0.15) is 6.92 Å². The van der Waals surface area contributed by atoms with E-state index in [9.17, 15) is 4.79 Å². The van der Waals surface area contributed by atoms with Crippen LogP contribution in [-0.2, 0) is 37.5 Å². The van der Waals surface area contributed by atoms with Crippen LogP contribution in [0.5, 0.6) is 0 Å². The molecule has 1 aromatic rings. The molecule has 0 aliphatic carbocycles. The third kappa shape index (κ3) is 5.47. The second-order valence-electron chi connectivity index (χ2n) is 1.46. The van der Waals surface area contributed by atoms with E-state index in [-0.39, 0.29) is 46.0 Å². The molecule has 0 saturated heterocycles. The number of nitrogens with one attached hydrogen (secondary N) is 1. The van der Waals surface area contributed by atoms with Gasteiger partial charge in [-0.3, -0.25) is 4.79 Å². The molecule has 1 rings (SSSR count). The Balaban J connectivity index is 0. The summed E-state index contributed by atoms with van der Waals surface area (Å²) in [5.74, 6) is -0.0987. The summed E-state index contributed by atoms with van der Waals surface area (Å²) in [5.41, 5.74) is 0. The van der Waals surface area contributed by atoms with Crippen molar-refractivity contribution >= 4 is 22.4 Å². The summed E-state index contributed by atoms with van der Waals surface area (Å²) in [4.78, 5) is 14.1. The van der Waals surface area contributed by atoms with E-state index in [1.807, 2.05) is 0 Å². The molecule has 11 heavy (non-hydrogen) atoms. The van der Waals surface area contributed by atoms with Gasteiger partial charge in [-0.25, -0.2) is 11.3 Å². The molecule has 3 nitrogen and oxygen atoms in total. The van der Waals surface area contributed by atoms with Crippen LogP contribution in [0.15, 0.2) is 5.38 Å². The first kappa shape index (κ1) is 13.8. The Kier molecular flexibility index (Phi) is 8.62. The number of amides is 1. The summed E-state index contributed by atoms with van der Waals surface area (Å²) >= 11 is 1.35. The van der Waals surface area contributed by atoms with E-state index in [1.165, 1.54) is 18.3 Å². The number of anilines is 1. The number of rotatable bonds is 1. The van der Waals surface area contributed by atoms with Crippen LogP contribution in [0.3, 0.4) is 0 Å². The van der Waals surface area contributed by atoms with Gasteiger partial charge in [-0.05, 0) is 0 Å². The molecular weight excluding hydrogens is 237 g/mol. The van der Waals surface area contributed by atoms with Gasteiger partial charge in [0.15, 0.2) is 0 Å². The molecule has 1 amide bonds. The Morgan fingerprint density at radius 2 is 2.45 bits per heavy atom. The van der Waals surface area contributed by atoms with E-state index in [0.29, 0.717) is 5.13 Å². The van der Waals surface area contributed by atoms with Gasteiger partial charge in [0.25, 0.3) is 0 Å². The predicted molar refractivity (Wildman–Crippen MR) is 41.7 cm³/mol. The zero-order valence-corrected chi connectivity index (χ0v) is 10.1. The molecule has 1 N–H and O–H groups in total. The van der Waals surface area contributed by atoms with Crippen molar-refractivity contribution in [3.63, 3.8) is 0 Å². The maximum absolute atomic E-state index is 10.4. The summed E-state index contributed by atoms with van der Waals surface area (Å²) in [7, 11) is 0. The predicted octanol–water partition coefficient (Wildman–Crippen LogP) is 1.35. The molecule has 0 aromatic carbocycles. The van der Waals surface area contributed by atoms with Gasteiger partial charge in [-0.15, -0.1) is 6.20 Å². The van der Waals surface area contributed by atoms with Gasteiger partial charge in [0.05, 0.1) is 0 Å². The maximum Gasteiger partial charge on any atom is 0.207 e. The van der Waals surface area contributed by atoms with Gasteiger partial charge < -0.3 is 17.7 Å². The fourth-order valence-electron chi connectivity index (χ4n) is 0.402. The SMILES string of the molecule is CC(=O)Nc1n[c-]cs1.[CH3-].[Y]. The van der Waals surface area contributed by atoms with Gasteiger partial charge in [0, 0.05) is 44.8 Å².